The summed E-state index contributed by atoms with van der Waals surface area (Å²) >= 11 is 7.06. The number of amides is 2. The highest BCUT2D eigenvalue weighted by molar-refractivity contribution is 9.11. The zero-order chi connectivity index (χ0) is 18.8. The van der Waals surface area contributed by atoms with Crippen molar-refractivity contribution in [3.8, 4) is 0 Å². The van der Waals surface area contributed by atoms with Gasteiger partial charge in [-0.25, -0.2) is 0 Å². The second-order valence-electron chi connectivity index (χ2n) is 7.81. The van der Waals surface area contributed by atoms with Gasteiger partial charge in [-0.3, -0.25) is 9.59 Å². The lowest BCUT2D eigenvalue weighted by Gasteiger charge is -2.32. The third-order valence-corrected chi connectivity index (χ3v) is 6.72. The average molecular weight is 486 g/mol. The summed E-state index contributed by atoms with van der Waals surface area (Å²) in [6, 6.07) is 3.60. The van der Waals surface area contributed by atoms with Crippen LogP contribution in [-0.4, -0.2) is 47.8 Å². The first-order valence-corrected chi connectivity index (χ1v) is 11.0. The van der Waals surface area contributed by atoms with Crippen LogP contribution in [0.3, 0.4) is 0 Å². The fourth-order valence-corrected chi connectivity index (χ4v) is 4.99. The summed E-state index contributed by atoms with van der Waals surface area (Å²) in [4.78, 5) is 29.7. The van der Waals surface area contributed by atoms with Crippen LogP contribution >= 0.6 is 31.9 Å². The highest BCUT2D eigenvalue weighted by atomic mass is 79.9. The highest BCUT2D eigenvalue weighted by Gasteiger charge is 2.27. The lowest BCUT2D eigenvalue weighted by Crippen LogP contribution is -2.40. The lowest BCUT2D eigenvalue weighted by molar-refractivity contribution is 0.0670. The third kappa shape index (κ3) is 4.33. The molecule has 0 N–H and O–H groups in total. The minimum Gasteiger partial charge on any atom is -0.338 e. The quantitative estimate of drug-likeness (QED) is 0.594. The average Bonchev–Trinajstić information content (AvgIpc) is 2.62. The summed E-state index contributed by atoms with van der Waals surface area (Å²) in [5, 5.41) is 0. The Balaban J connectivity index is 1.81. The number of piperidine rings is 2. The van der Waals surface area contributed by atoms with Gasteiger partial charge in [-0.2, -0.15) is 0 Å². The molecule has 0 aliphatic carbocycles. The predicted molar refractivity (Wildman–Crippen MR) is 110 cm³/mol. The molecule has 26 heavy (non-hydrogen) atoms. The molecule has 6 heteroatoms. The summed E-state index contributed by atoms with van der Waals surface area (Å²) in [5.74, 6) is 1.15. The molecule has 0 spiro atoms. The van der Waals surface area contributed by atoms with E-state index in [-0.39, 0.29) is 11.8 Å². The number of carbonyl (C=O) groups is 2. The van der Waals surface area contributed by atoms with E-state index in [4.69, 9.17) is 0 Å². The zero-order valence-electron chi connectivity index (χ0n) is 15.4. The van der Waals surface area contributed by atoms with Crippen molar-refractivity contribution in [1.82, 2.24) is 9.80 Å². The topological polar surface area (TPSA) is 40.6 Å². The van der Waals surface area contributed by atoms with Gasteiger partial charge < -0.3 is 9.80 Å². The Kier molecular flexibility index (Phi) is 6.44. The number of nitrogens with zero attached hydrogens (tertiary/aromatic N) is 2. The number of carbonyl (C=O) groups excluding carboxylic acids is 2. The third-order valence-electron chi connectivity index (χ3n) is 5.41. The molecule has 0 saturated carbocycles. The van der Waals surface area contributed by atoms with Crippen LogP contribution in [0.5, 0.6) is 0 Å². The molecule has 3 rings (SSSR count). The molecule has 2 amide bonds. The molecule has 1 aromatic carbocycles. The second kappa shape index (κ2) is 8.42. The number of likely N-dealkylation sites (tertiary alicyclic amines) is 2. The molecule has 2 atom stereocenters. The van der Waals surface area contributed by atoms with E-state index in [1.807, 2.05) is 9.80 Å². The molecule has 1 aromatic rings. The van der Waals surface area contributed by atoms with Gasteiger partial charge in [-0.15, -0.1) is 0 Å². The maximum absolute atomic E-state index is 12.9. The van der Waals surface area contributed by atoms with Gasteiger partial charge >= 0.3 is 0 Å². The Morgan fingerprint density at radius 1 is 0.846 bits per heavy atom. The van der Waals surface area contributed by atoms with Gasteiger partial charge in [0.05, 0.1) is 11.1 Å². The van der Waals surface area contributed by atoms with Crippen LogP contribution in [0.4, 0.5) is 0 Å². The van der Waals surface area contributed by atoms with Gasteiger partial charge in [0.15, 0.2) is 0 Å². The van der Waals surface area contributed by atoms with Crippen molar-refractivity contribution in [3.05, 3.63) is 32.2 Å². The van der Waals surface area contributed by atoms with Gasteiger partial charge in [0.1, 0.15) is 0 Å². The van der Waals surface area contributed by atoms with E-state index in [9.17, 15) is 9.59 Å². The minimum absolute atomic E-state index is 0.0368. The van der Waals surface area contributed by atoms with Gasteiger partial charge in [0, 0.05) is 35.1 Å². The molecule has 2 fully saturated rings. The van der Waals surface area contributed by atoms with Gasteiger partial charge in [-0.05, 0) is 81.5 Å². The van der Waals surface area contributed by atoms with Crippen LogP contribution in [-0.2, 0) is 0 Å². The van der Waals surface area contributed by atoms with Gasteiger partial charge in [0.2, 0.25) is 0 Å². The summed E-state index contributed by atoms with van der Waals surface area (Å²) in [5.41, 5.74) is 1.24. The zero-order valence-corrected chi connectivity index (χ0v) is 18.6. The molecule has 0 aromatic heterocycles. The van der Waals surface area contributed by atoms with Crippen molar-refractivity contribution < 1.29 is 9.59 Å². The van der Waals surface area contributed by atoms with Crippen molar-refractivity contribution in [2.75, 3.05) is 26.2 Å². The molecule has 2 saturated heterocycles. The number of hydrogen-bond donors (Lipinski definition) is 0. The van der Waals surface area contributed by atoms with Crippen LogP contribution in [0.1, 0.15) is 60.2 Å². The summed E-state index contributed by atoms with van der Waals surface area (Å²) in [7, 11) is 0. The van der Waals surface area contributed by atoms with Gasteiger partial charge in [0.25, 0.3) is 11.8 Å². The summed E-state index contributed by atoms with van der Waals surface area (Å²) in [6.07, 6.45) is 4.46. The van der Waals surface area contributed by atoms with Crippen molar-refractivity contribution in [2.45, 2.75) is 39.5 Å². The minimum atomic E-state index is 0.0368. The van der Waals surface area contributed by atoms with Crippen LogP contribution < -0.4 is 0 Å². The van der Waals surface area contributed by atoms with Crippen LogP contribution in [0.2, 0.25) is 0 Å². The maximum atomic E-state index is 12.9. The largest absolute Gasteiger partial charge is 0.338 e. The molecule has 0 radical (unpaired) electrons. The monoisotopic (exact) mass is 484 g/mol. The first-order chi connectivity index (χ1) is 12.4. The van der Waals surface area contributed by atoms with E-state index in [0.29, 0.717) is 31.9 Å². The second-order valence-corrected chi connectivity index (χ2v) is 9.52. The van der Waals surface area contributed by atoms with E-state index < -0.39 is 0 Å². The smallest absolute Gasteiger partial charge is 0.255 e. The van der Waals surface area contributed by atoms with E-state index in [1.54, 1.807) is 12.1 Å². The fraction of sp³-hybridized carbons (Fsp3) is 0.600. The summed E-state index contributed by atoms with van der Waals surface area (Å²) < 4.78 is 1.38. The first kappa shape index (κ1) is 19.9. The molecular formula is C20H26Br2N2O2. The maximum Gasteiger partial charge on any atom is 0.255 e. The first-order valence-electron chi connectivity index (χ1n) is 9.44. The molecule has 0 bridgehead atoms. The Hall–Kier alpha value is -0.880. The number of hydrogen-bond acceptors (Lipinski definition) is 2. The lowest BCUT2D eigenvalue weighted by atomic mass is 9.98. The van der Waals surface area contributed by atoms with Crippen molar-refractivity contribution in [2.24, 2.45) is 11.8 Å². The Bertz CT molecular complexity index is 648. The molecule has 2 aliphatic rings. The molecule has 142 valence electrons. The van der Waals surface area contributed by atoms with Crippen LogP contribution in [0.25, 0.3) is 0 Å². The number of benzene rings is 1. The van der Waals surface area contributed by atoms with E-state index in [0.717, 1.165) is 39.0 Å². The molecule has 2 heterocycles. The fourth-order valence-electron chi connectivity index (χ4n) is 3.96. The van der Waals surface area contributed by atoms with E-state index in [1.165, 1.54) is 12.8 Å². The predicted octanol–water partition coefficient (Wildman–Crippen LogP) is 4.96. The molecule has 0 unspecified atom stereocenters. The Morgan fingerprint density at radius 3 is 1.58 bits per heavy atom. The number of halogens is 2. The number of rotatable bonds is 2. The van der Waals surface area contributed by atoms with Crippen LogP contribution in [0.15, 0.2) is 21.1 Å². The molecular weight excluding hydrogens is 460 g/mol. The van der Waals surface area contributed by atoms with Crippen molar-refractivity contribution >= 4 is 43.7 Å². The SMILES string of the molecule is C[C@@H]1CCCN(C(=O)c2cc(Br)c(C(=O)N3CCC[C@@H](C)C3)cc2Br)C1. The van der Waals surface area contributed by atoms with E-state index in [2.05, 4.69) is 45.7 Å². The Morgan fingerprint density at radius 2 is 1.23 bits per heavy atom. The van der Waals surface area contributed by atoms with Crippen molar-refractivity contribution in [3.63, 3.8) is 0 Å². The standard InChI is InChI=1S/C20H26Br2N2O2/c1-13-5-3-7-23(11-13)19(25)15-9-18(22)16(10-17(15)21)20(26)24-8-4-6-14(2)12-24/h9-10,13-14H,3-8,11-12H2,1-2H3/t13-,14-/m1/s1. The normalized spacial score (nSPS) is 23.8. The Labute approximate surface area is 172 Å². The van der Waals surface area contributed by atoms with E-state index >= 15 is 0 Å². The molecule has 4 nitrogen and oxygen atoms in total. The summed E-state index contributed by atoms with van der Waals surface area (Å²) in [6.45, 7) is 7.58. The van der Waals surface area contributed by atoms with Crippen LogP contribution in [0, 0.1) is 11.8 Å². The van der Waals surface area contributed by atoms with Gasteiger partial charge in [-0.1, -0.05) is 13.8 Å². The highest BCUT2D eigenvalue weighted by Crippen LogP contribution is 2.30. The van der Waals surface area contributed by atoms with Crippen molar-refractivity contribution in [1.29, 1.82) is 0 Å². The molecule has 2 aliphatic heterocycles.